The number of phenols is 1. The number of hydrogen-bond acceptors (Lipinski definition) is 8. The fourth-order valence-corrected chi connectivity index (χ4v) is 3.18. The van der Waals surface area contributed by atoms with Crippen molar-refractivity contribution in [3.63, 3.8) is 0 Å². The number of hydrogen-bond donors (Lipinski definition) is 4. The fourth-order valence-electron chi connectivity index (χ4n) is 3.18. The van der Waals surface area contributed by atoms with Crippen molar-refractivity contribution in [3.05, 3.63) is 29.8 Å². The van der Waals surface area contributed by atoms with Crippen molar-refractivity contribution < 1.29 is 39.5 Å². The van der Waals surface area contributed by atoms with Crippen LogP contribution in [0.4, 0.5) is 0 Å². The lowest BCUT2D eigenvalue weighted by atomic mass is 9.77. The molecule has 0 unspecified atom stereocenters. The Kier molecular flexibility index (Phi) is 3.75. The van der Waals surface area contributed by atoms with E-state index in [9.17, 15) is 24.9 Å². The number of benzene rings is 1. The summed E-state index contributed by atoms with van der Waals surface area (Å²) in [6.45, 7) is -0.719. The highest BCUT2D eigenvalue weighted by Gasteiger charge is 2.69. The van der Waals surface area contributed by atoms with E-state index in [0.717, 1.165) is 0 Å². The van der Waals surface area contributed by atoms with Crippen LogP contribution in [0, 0.1) is 0 Å². The fraction of sp³-hybridized carbons (Fsp3) is 0.467. The van der Waals surface area contributed by atoms with Crippen LogP contribution in [0.15, 0.2) is 24.3 Å². The van der Waals surface area contributed by atoms with Crippen molar-refractivity contribution in [2.45, 2.75) is 36.3 Å². The van der Waals surface area contributed by atoms with E-state index in [1.54, 1.807) is 0 Å². The van der Waals surface area contributed by atoms with Crippen molar-refractivity contribution in [1.29, 1.82) is 0 Å². The van der Waals surface area contributed by atoms with Gasteiger partial charge in [-0.1, -0.05) is 12.1 Å². The zero-order valence-electron chi connectivity index (χ0n) is 12.0. The molecule has 1 aromatic rings. The molecule has 23 heavy (non-hydrogen) atoms. The number of aliphatic hydroxyl groups is 3. The minimum absolute atomic E-state index is 0.0103. The van der Waals surface area contributed by atoms with E-state index in [1.165, 1.54) is 24.3 Å². The highest BCUT2D eigenvalue weighted by Crippen LogP contribution is 2.48. The van der Waals surface area contributed by atoms with Gasteiger partial charge >= 0.3 is 11.9 Å². The van der Waals surface area contributed by atoms with Gasteiger partial charge in [0.25, 0.3) is 0 Å². The minimum Gasteiger partial charge on any atom is -0.508 e. The molecule has 2 aliphatic rings. The minimum atomic E-state index is -1.96. The largest absolute Gasteiger partial charge is 0.508 e. The van der Waals surface area contributed by atoms with E-state index in [4.69, 9.17) is 14.6 Å². The van der Waals surface area contributed by atoms with Crippen LogP contribution in [0.5, 0.6) is 5.75 Å². The van der Waals surface area contributed by atoms with Crippen molar-refractivity contribution >= 4 is 11.9 Å². The summed E-state index contributed by atoms with van der Waals surface area (Å²) in [4.78, 5) is 24.1. The number of carbonyl (C=O) groups excluding carboxylic acids is 2. The van der Waals surface area contributed by atoms with Gasteiger partial charge in [0, 0.05) is 5.92 Å². The molecule has 0 radical (unpaired) electrons. The number of esters is 2. The first kappa shape index (κ1) is 15.7. The van der Waals surface area contributed by atoms with Gasteiger partial charge in [-0.2, -0.15) is 0 Å². The van der Waals surface area contributed by atoms with E-state index in [2.05, 4.69) is 0 Å². The molecule has 0 bridgehead atoms. The molecule has 2 aliphatic heterocycles. The van der Waals surface area contributed by atoms with E-state index in [1.807, 2.05) is 0 Å². The monoisotopic (exact) mass is 324 g/mol. The first-order valence-electron chi connectivity index (χ1n) is 7.09. The van der Waals surface area contributed by atoms with Gasteiger partial charge in [0.05, 0.1) is 13.0 Å². The summed E-state index contributed by atoms with van der Waals surface area (Å²) in [5, 5.41) is 38.5. The normalized spacial score (nSPS) is 34.5. The van der Waals surface area contributed by atoms with Gasteiger partial charge in [0.2, 0.25) is 5.60 Å². The van der Waals surface area contributed by atoms with Crippen LogP contribution < -0.4 is 0 Å². The second kappa shape index (κ2) is 5.48. The third-order valence-corrected chi connectivity index (χ3v) is 4.35. The van der Waals surface area contributed by atoms with E-state index >= 15 is 0 Å². The molecule has 8 heteroatoms. The van der Waals surface area contributed by atoms with Gasteiger partial charge in [-0.3, -0.25) is 4.79 Å². The Labute approximate surface area is 130 Å². The van der Waals surface area contributed by atoms with Crippen molar-refractivity contribution in [2.75, 3.05) is 6.61 Å². The van der Waals surface area contributed by atoms with Crippen LogP contribution in [-0.4, -0.2) is 62.9 Å². The van der Waals surface area contributed by atoms with Crippen LogP contribution in [0.1, 0.15) is 17.9 Å². The maximum atomic E-state index is 12.3. The number of aromatic hydroxyl groups is 1. The number of rotatable bonds is 3. The summed E-state index contributed by atoms with van der Waals surface area (Å²) < 4.78 is 10.1. The van der Waals surface area contributed by atoms with E-state index < -0.39 is 48.4 Å². The average molecular weight is 324 g/mol. The Hall–Kier alpha value is -2.16. The van der Waals surface area contributed by atoms with Crippen LogP contribution in [-0.2, 0) is 19.1 Å². The third-order valence-electron chi connectivity index (χ3n) is 4.35. The smallest absolute Gasteiger partial charge is 0.354 e. The molecule has 2 heterocycles. The lowest BCUT2D eigenvalue weighted by Crippen LogP contribution is -2.52. The zero-order chi connectivity index (χ0) is 16.8. The van der Waals surface area contributed by atoms with Crippen LogP contribution in [0.2, 0.25) is 0 Å². The number of cyclic esters (lactones) is 1. The highest BCUT2D eigenvalue weighted by molar-refractivity contribution is 5.91. The van der Waals surface area contributed by atoms with Gasteiger partial charge in [0.1, 0.15) is 18.0 Å². The van der Waals surface area contributed by atoms with Crippen molar-refractivity contribution in [3.8, 4) is 5.75 Å². The van der Waals surface area contributed by atoms with Gasteiger partial charge in [-0.25, -0.2) is 4.79 Å². The summed E-state index contributed by atoms with van der Waals surface area (Å²) in [5.74, 6) is -2.46. The highest BCUT2D eigenvalue weighted by atomic mass is 16.6. The topological polar surface area (TPSA) is 134 Å². The summed E-state index contributed by atoms with van der Waals surface area (Å²) in [5.41, 5.74) is -1.46. The predicted molar refractivity (Wildman–Crippen MR) is 73.3 cm³/mol. The lowest BCUT2D eigenvalue weighted by molar-refractivity contribution is -0.169. The molecule has 0 aliphatic carbocycles. The second-order valence-corrected chi connectivity index (χ2v) is 5.68. The summed E-state index contributed by atoms with van der Waals surface area (Å²) in [6, 6.07) is 5.80. The standard InChI is InChI=1S/C15H16O8/c16-6-10(18)12-13(20)15(14(21)22-12)9(5-11(19)23-15)7-1-3-8(17)4-2-7/h1-4,9-10,12-13,16-18,20H,5-6H2/t9-,10-,12+,13+,15+/m0/s1. The first-order chi connectivity index (χ1) is 10.9. The van der Waals surface area contributed by atoms with Gasteiger partial charge in [0.15, 0.2) is 6.10 Å². The van der Waals surface area contributed by atoms with Crippen LogP contribution in [0.25, 0.3) is 0 Å². The number of carbonyl (C=O) groups is 2. The molecule has 124 valence electrons. The summed E-state index contributed by atoms with van der Waals surface area (Å²) >= 11 is 0. The van der Waals surface area contributed by atoms with E-state index in [0.29, 0.717) is 5.56 Å². The second-order valence-electron chi connectivity index (χ2n) is 5.68. The molecule has 2 fully saturated rings. The molecule has 8 nitrogen and oxygen atoms in total. The van der Waals surface area contributed by atoms with Crippen molar-refractivity contribution in [1.82, 2.24) is 0 Å². The van der Waals surface area contributed by atoms with Gasteiger partial charge < -0.3 is 29.9 Å². The zero-order valence-corrected chi connectivity index (χ0v) is 12.0. The maximum absolute atomic E-state index is 12.3. The Morgan fingerprint density at radius 2 is 1.91 bits per heavy atom. The quantitative estimate of drug-likeness (QED) is 0.510. The first-order valence-corrected chi connectivity index (χ1v) is 7.09. The average Bonchev–Trinajstić information content (AvgIpc) is 3.01. The summed E-state index contributed by atoms with van der Waals surface area (Å²) in [7, 11) is 0. The van der Waals surface area contributed by atoms with Gasteiger partial charge in [-0.05, 0) is 17.7 Å². The number of phenolic OH excluding ortho intramolecular Hbond substituents is 1. The molecule has 0 saturated carbocycles. The molecule has 1 aromatic carbocycles. The Morgan fingerprint density at radius 1 is 1.26 bits per heavy atom. The van der Waals surface area contributed by atoms with Crippen LogP contribution >= 0.6 is 0 Å². The number of aliphatic hydroxyl groups excluding tert-OH is 3. The SMILES string of the molecule is O=C1C[C@@H](c2ccc(O)cc2)[C@]2(O1)C(=O)O[C@H]([C@@H](O)CO)[C@H]2O. The predicted octanol–water partition coefficient (Wildman–Crippen LogP) is -1.20. The van der Waals surface area contributed by atoms with E-state index in [-0.39, 0.29) is 12.2 Å². The maximum Gasteiger partial charge on any atom is 0.354 e. The molecule has 5 atom stereocenters. The summed E-state index contributed by atoms with van der Waals surface area (Å²) in [6.07, 6.45) is -4.66. The molecule has 0 amide bonds. The van der Waals surface area contributed by atoms with Crippen LogP contribution in [0.3, 0.4) is 0 Å². The van der Waals surface area contributed by atoms with Gasteiger partial charge in [-0.15, -0.1) is 0 Å². The Balaban J connectivity index is 2.02. The van der Waals surface area contributed by atoms with Crippen molar-refractivity contribution in [2.24, 2.45) is 0 Å². The molecule has 0 aromatic heterocycles. The molecule has 3 rings (SSSR count). The molecule has 4 N–H and O–H groups in total. The molecular weight excluding hydrogens is 308 g/mol. The third kappa shape index (κ3) is 2.26. The number of ether oxygens (including phenoxy) is 2. The molecule has 2 saturated heterocycles. The molecule has 1 spiro atoms. The molecular formula is C15H16O8. The lowest BCUT2D eigenvalue weighted by Gasteiger charge is -2.29. The Morgan fingerprint density at radius 3 is 2.52 bits per heavy atom. The Bertz CT molecular complexity index is 627.